The molecule has 8 atom stereocenters. The predicted octanol–water partition coefficient (Wildman–Crippen LogP) is 6.54. The third-order valence-corrected chi connectivity index (χ3v) is 19.3. The van der Waals surface area contributed by atoms with E-state index in [1.807, 2.05) is 0 Å². The maximum atomic E-state index is 16.4. The molecule has 14 heteroatoms. The highest BCUT2D eigenvalue weighted by Crippen LogP contribution is 2.75. The fourth-order valence-electron chi connectivity index (χ4n) is 5.37. The van der Waals surface area contributed by atoms with Crippen molar-refractivity contribution < 1.29 is 22.6 Å². The van der Waals surface area contributed by atoms with Crippen molar-refractivity contribution in [3.63, 3.8) is 0 Å². The molecule has 4 heterocycles. The number of alkyl halides is 1. The highest BCUT2D eigenvalue weighted by atomic mass is 32.9. The number of nitrogens with two attached hydrogens (primary N) is 1. The zero-order chi connectivity index (χ0) is 29.3. The summed E-state index contributed by atoms with van der Waals surface area (Å²) in [4.78, 5) is 12.6. The zero-order valence-electron chi connectivity index (χ0n) is 24.3. The fraction of sp³-hybridized carbons (Fsp3) is 0.731. The van der Waals surface area contributed by atoms with Gasteiger partial charge in [0.2, 0.25) is 5.69 Å². The number of halogens is 1. The average molecular weight is 630 g/mol. The topological polar surface area (TPSA) is 107 Å². The fourth-order valence-corrected chi connectivity index (χ4v) is 13.8. The van der Waals surface area contributed by atoms with Crippen molar-refractivity contribution in [2.45, 2.75) is 107 Å². The molecule has 40 heavy (non-hydrogen) atoms. The van der Waals surface area contributed by atoms with Crippen LogP contribution in [0.3, 0.4) is 0 Å². The van der Waals surface area contributed by atoms with E-state index in [0.717, 1.165) is 19.3 Å². The largest absolute Gasteiger partial charge is 0.408 e. The predicted molar refractivity (Wildman–Crippen MR) is 164 cm³/mol. The second-order valence-corrected chi connectivity index (χ2v) is 24.4. The number of fused-ring (bicyclic) bond motifs is 2. The van der Waals surface area contributed by atoms with E-state index in [2.05, 4.69) is 69.2 Å². The minimum absolute atomic E-state index is 0.00619. The van der Waals surface area contributed by atoms with Crippen LogP contribution in [0.5, 0.6) is 0 Å². The first-order chi connectivity index (χ1) is 18.5. The summed E-state index contributed by atoms with van der Waals surface area (Å²) in [6, 6.07) is 0. The summed E-state index contributed by atoms with van der Waals surface area (Å²) in [6.45, 7) is 19.1. The summed E-state index contributed by atoms with van der Waals surface area (Å²) in [5.41, 5.74) is 5.27. The number of aromatic nitrogens is 4. The summed E-state index contributed by atoms with van der Waals surface area (Å²) in [6.07, 6.45) is 1.71. The second kappa shape index (κ2) is 10.7. The molecule has 1 saturated carbocycles. The van der Waals surface area contributed by atoms with E-state index in [0.29, 0.717) is 17.1 Å². The van der Waals surface area contributed by atoms with Crippen LogP contribution < -0.4 is 5.73 Å². The maximum Gasteiger partial charge on any atom is 0.248 e. The Morgan fingerprint density at radius 1 is 1.38 bits per heavy atom. The number of ether oxygens (including phenoxy) is 1. The number of nitrogen functional groups attached to an aromatic ring is 1. The summed E-state index contributed by atoms with van der Waals surface area (Å²) in [7, 11) is -2.37. The normalized spacial score (nSPS) is 36.7. The van der Waals surface area contributed by atoms with E-state index in [9.17, 15) is 0 Å². The van der Waals surface area contributed by atoms with Gasteiger partial charge >= 0.3 is 0 Å². The molecule has 0 radical (unpaired) electrons. The number of hydrogen-bond acceptors (Lipinski definition) is 10. The van der Waals surface area contributed by atoms with E-state index in [4.69, 9.17) is 35.8 Å². The van der Waals surface area contributed by atoms with E-state index >= 15 is 4.39 Å². The minimum atomic E-state index is -2.69. The Bertz CT molecular complexity index is 1340. The van der Waals surface area contributed by atoms with E-state index in [-0.39, 0.29) is 28.3 Å². The average Bonchev–Trinajstić information content (AvgIpc) is 3.48. The summed E-state index contributed by atoms with van der Waals surface area (Å²) in [5, 5.41) is -0.125. The lowest BCUT2D eigenvalue weighted by atomic mass is 9.77. The van der Waals surface area contributed by atoms with Gasteiger partial charge in [-0.3, -0.25) is 4.57 Å². The van der Waals surface area contributed by atoms with E-state index in [1.54, 1.807) is 15.9 Å². The van der Waals surface area contributed by atoms with Crippen LogP contribution in [0.15, 0.2) is 24.8 Å². The monoisotopic (exact) mass is 629 g/mol. The van der Waals surface area contributed by atoms with Crippen molar-refractivity contribution >= 4 is 54.2 Å². The van der Waals surface area contributed by atoms with Gasteiger partial charge in [-0.1, -0.05) is 44.3 Å². The standard InChI is InChI=1S/C26H41FN5O4PS2Si/c1-15(2)16-9-10-26(6)18(11-16)35-37(38,39-26)33-12-17-21(36-40(7,8)25(3,4)5)19(27)24(34-17)32-14-31-20-22(28)29-13-30-23(20)32/h13-14,16-19,21,24H,1,9-12H2,2-8H3,(H2,28,29,30)/t16-,17-,18+,19-,21-,24-,26+,37?/m1/s1. The summed E-state index contributed by atoms with van der Waals surface area (Å²) < 4.78 is 43.7. The van der Waals surface area contributed by atoms with Crippen LogP contribution in [0.2, 0.25) is 18.1 Å². The molecule has 0 aromatic carbocycles. The van der Waals surface area contributed by atoms with Gasteiger partial charge in [0, 0.05) is 4.75 Å². The van der Waals surface area contributed by atoms with Crippen molar-refractivity contribution in [2.24, 2.45) is 5.92 Å². The molecule has 1 aliphatic carbocycles. The molecule has 2 aromatic heterocycles. The van der Waals surface area contributed by atoms with Crippen LogP contribution in [0, 0.1) is 5.92 Å². The van der Waals surface area contributed by atoms with Crippen LogP contribution in [0.1, 0.15) is 60.1 Å². The van der Waals surface area contributed by atoms with Gasteiger partial charge in [-0.25, -0.2) is 19.3 Å². The summed E-state index contributed by atoms with van der Waals surface area (Å²) in [5.74, 6) is 0.653. The molecule has 3 fully saturated rings. The smallest absolute Gasteiger partial charge is 0.248 e. The number of allylic oxidation sites excluding steroid dienone is 1. The molecule has 2 aliphatic heterocycles. The molecule has 2 saturated heterocycles. The number of hydrogen-bond donors (Lipinski definition) is 1. The molecule has 0 amide bonds. The molecule has 9 nitrogen and oxygen atoms in total. The van der Waals surface area contributed by atoms with Crippen molar-refractivity contribution in [1.82, 2.24) is 19.5 Å². The van der Waals surface area contributed by atoms with Gasteiger partial charge in [0.05, 0.1) is 19.0 Å². The van der Waals surface area contributed by atoms with Gasteiger partial charge in [-0.2, -0.15) is 0 Å². The van der Waals surface area contributed by atoms with Gasteiger partial charge in [0.1, 0.15) is 24.1 Å². The highest BCUT2D eigenvalue weighted by Gasteiger charge is 2.55. The Labute approximate surface area is 246 Å². The van der Waals surface area contributed by atoms with Crippen LogP contribution in [-0.4, -0.2) is 63.7 Å². The lowest BCUT2D eigenvalue weighted by molar-refractivity contribution is -0.0405. The lowest BCUT2D eigenvalue weighted by Crippen LogP contribution is -2.49. The van der Waals surface area contributed by atoms with Gasteiger partial charge in [-0.05, 0) is 69.0 Å². The number of rotatable bonds is 7. The van der Waals surface area contributed by atoms with Crippen molar-refractivity contribution in [1.29, 1.82) is 0 Å². The Morgan fingerprint density at radius 3 is 2.77 bits per heavy atom. The minimum Gasteiger partial charge on any atom is -0.408 e. The Kier molecular flexibility index (Phi) is 8.14. The molecule has 1 unspecified atom stereocenters. The first-order valence-corrected chi connectivity index (χ1v) is 20.7. The third kappa shape index (κ3) is 5.57. The number of imidazole rings is 1. The van der Waals surface area contributed by atoms with Crippen molar-refractivity contribution in [3.05, 3.63) is 24.8 Å². The van der Waals surface area contributed by atoms with Crippen molar-refractivity contribution in [2.75, 3.05) is 12.3 Å². The summed E-state index contributed by atoms with van der Waals surface area (Å²) >= 11 is 7.64. The highest BCUT2D eigenvalue weighted by molar-refractivity contribution is 8.68. The van der Waals surface area contributed by atoms with Gasteiger partial charge in [-0.15, -0.1) is 0 Å². The first-order valence-electron chi connectivity index (χ1n) is 13.7. The van der Waals surface area contributed by atoms with Crippen molar-refractivity contribution in [3.8, 4) is 0 Å². The van der Waals surface area contributed by atoms with Gasteiger partial charge in [0.15, 0.2) is 32.2 Å². The van der Waals surface area contributed by atoms with E-state index in [1.165, 1.54) is 18.2 Å². The second-order valence-electron chi connectivity index (χ2n) is 13.0. The number of anilines is 1. The molecular weight excluding hydrogens is 589 g/mol. The number of nitrogens with zero attached hydrogens (tertiary/aromatic N) is 4. The molecule has 0 bridgehead atoms. The molecule has 5 rings (SSSR count). The first kappa shape index (κ1) is 30.5. The third-order valence-electron chi connectivity index (χ3n) is 9.00. The molecule has 222 valence electrons. The Balaban J connectivity index is 1.38. The van der Waals surface area contributed by atoms with Crippen LogP contribution in [-0.2, 0) is 30.0 Å². The Hall–Kier alpha value is -0.923. The van der Waals surface area contributed by atoms with Gasteiger partial charge in [0.25, 0.3) is 0 Å². The van der Waals surface area contributed by atoms with Crippen LogP contribution in [0.4, 0.5) is 10.2 Å². The molecule has 3 aliphatic rings. The lowest BCUT2D eigenvalue weighted by Gasteiger charge is -2.39. The quantitative estimate of drug-likeness (QED) is 0.206. The Morgan fingerprint density at radius 2 is 2.10 bits per heavy atom. The SMILES string of the molecule is C=C(C)[C@@H]1CC[C@]2(C)SP(=S)(OC[C@H]3O[C@@H](n4cnc5c(N)ncnc54)[C@H](F)[C@@H]3O[Si](C)(C)C(C)(C)C)O[C@H]2C1. The zero-order valence-corrected chi connectivity index (χ0v) is 27.8. The molecule has 0 spiro atoms. The van der Waals surface area contributed by atoms with Gasteiger partial charge < -0.3 is 23.9 Å². The van der Waals surface area contributed by atoms with E-state index < -0.39 is 38.6 Å². The maximum absolute atomic E-state index is 16.4. The molecule has 2 aromatic rings. The molecule has 2 N–H and O–H groups in total. The van der Waals surface area contributed by atoms with Crippen LogP contribution >= 0.6 is 17.1 Å². The van der Waals surface area contributed by atoms with Crippen LogP contribution in [0.25, 0.3) is 11.2 Å². The molecular formula is C26H41FN5O4PS2Si.